The minimum Gasteiger partial charge on any atom is -0.342 e. The molecular weight excluding hydrogens is 322 g/mol. The maximum absolute atomic E-state index is 12.2. The quantitative estimate of drug-likeness (QED) is 0.711. The zero-order valence-electron chi connectivity index (χ0n) is 14.6. The van der Waals surface area contributed by atoms with Crippen LogP contribution in [0.5, 0.6) is 0 Å². The van der Waals surface area contributed by atoms with Crippen molar-refractivity contribution >= 4 is 17.1 Å². The van der Waals surface area contributed by atoms with Crippen LogP contribution in [0, 0.1) is 0 Å². The van der Waals surface area contributed by atoms with Crippen LogP contribution < -0.4 is 16.1 Å². The van der Waals surface area contributed by atoms with Gasteiger partial charge in [0.2, 0.25) is 5.95 Å². The minimum atomic E-state index is -0.450. The molecule has 0 aromatic carbocycles. The Morgan fingerprint density at radius 1 is 1.20 bits per heavy atom. The Kier molecular flexibility index (Phi) is 3.52. The molecule has 1 saturated heterocycles. The minimum absolute atomic E-state index is 0.379. The highest BCUT2D eigenvalue weighted by atomic mass is 16.2. The molecule has 3 aromatic heterocycles. The van der Waals surface area contributed by atoms with Gasteiger partial charge in [0.1, 0.15) is 0 Å². The molecule has 9 heteroatoms. The van der Waals surface area contributed by atoms with E-state index in [2.05, 4.69) is 26.2 Å². The number of fused-ring (bicyclic) bond motifs is 1. The number of rotatable bonds is 2. The van der Waals surface area contributed by atoms with Crippen LogP contribution in [0.25, 0.3) is 11.2 Å². The molecule has 1 N–H and O–H groups in total. The summed E-state index contributed by atoms with van der Waals surface area (Å²) in [6.07, 6.45) is 6.11. The summed E-state index contributed by atoms with van der Waals surface area (Å²) in [4.78, 5) is 33.1. The fraction of sp³-hybridized carbons (Fsp3) is 0.500. The Labute approximate surface area is 143 Å². The van der Waals surface area contributed by atoms with Crippen molar-refractivity contribution in [2.75, 3.05) is 18.0 Å². The predicted octanol–water partition coefficient (Wildman–Crippen LogP) is 0.0778. The number of hydrogen-bond acceptors (Lipinski definition) is 5. The lowest BCUT2D eigenvalue weighted by Gasteiger charge is -2.33. The molecule has 25 heavy (non-hydrogen) atoms. The summed E-state index contributed by atoms with van der Waals surface area (Å²) in [6, 6.07) is 0. The second-order valence-electron chi connectivity index (χ2n) is 6.69. The van der Waals surface area contributed by atoms with E-state index in [1.807, 2.05) is 25.0 Å². The first-order valence-corrected chi connectivity index (χ1v) is 8.35. The number of piperidine rings is 1. The first-order chi connectivity index (χ1) is 12.0. The van der Waals surface area contributed by atoms with Gasteiger partial charge in [-0.2, -0.15) is 10.1 Å². The SMILES string of the molecule is Cn1cc(C2CCCN(c3nc4c(c(=O)[nH]c(=O)n4C)n3C)C2)cn1. The van der Waals surface area contributed by atoms with Crippen molar-refractivity contribution in [3.05, 3.63) is 38.8 Å². The van der Waals surface area contributed by atoms with E-state index in [0.717, 1.165) is 31.9 Å². The summed E-state index contributed by atoms with van der Waals surface area (Å²) >= 11 is 0. The molecule has 0 radical (unpaired) electrons. The number of aromatic amines is 1. The Hall–Kier alpha value is -2.84. The van der Waals surface area contributed by atoms with Gasteiger partial charge in [-0.25, -0.2) is 4.79 Å². The summed E-state index contributed by atoms with van der Waals surface area (Å²) in [5.74, 6) is 1.10. The molecule has 132 valence electrons. The molecule has 1 fully saturated rings. The van der Waals surface area contributed by atoms with Crippen molar-refractivity contribution in [1.82, 2.24) is 28.9 Å². The van der Waals surface area contributed by atoms with Gasteiger partial charge in [0, 0.05) is 46.3 Å². The van der Waals surface area contributed by atoms with Gasteiger partial charge < -0.3 is 9.47 Å². The van der Waals surface area contributed by atoms with Crippen LogP contribution in [0.1, 0.15) is 24.3 Å². The van der Waals surface area contributed by atoms with Crippen molar-refractivity contribution in [2.45, 2.75) is 18.8 Å². The molecule has 3 aromatic rings. The first-order valence-electron chi connectivity index (χ1n) is 8.35. The summed E-state index contributed by atoms with van der Waals surface area (Å²) in [7, 11) is 5.35. The fourth-order valence-corrected chi connectivity index (χ4v) is 3.66. The van der Waals surface area contributed by atoms with Crippen molar-refractivity contribution < 1.29 is 0 Å². The highest BCUT2D eigenvalue weighted by Gasteiger charge is 2.26. The average Bonchev–Trinajstić information content (AvgIpc) is 3.17. The van der Waals surface area contributed by atoms with Gasteiger partial charge >= 0.3 is 5.69 Å². The van der Waals surface area contributed by atoms with Crippen LogP contribution in [0.15, 0.2) is 22.0 Å². The summed E-state index contributed by atoms with van der Waals surface area (Å²) in [5.41, 5.74) is 1.20. The third kappa shape index (κ3) is 2.46. The molecule has 9 nitrogen and oxygen atoms in total. The van der Waals surface area contributed by atoms with E-state index in [9.17, 15) is 9.59 Å². The van der Waals surface area contributed by atoms with E-state index in [-0.39, 0.29) is 0 Å². The third-order valence-electron chi connectivity index (χ3n) is 5.01. The lowest BCUT2D eigenvalue weighted by molar-refractivity contribution is 0.500. The average molecular weight is 343 g/mol. The van der Waals surface area contributed by atoms with Gasteiger partial charge in [0.15, 0.2) is 11.2 Å². The van der Waals surface area contributed by atoms with E-state index in [1.54, 1.807) is 11.6 Å². The lowest BCUT2D eigenvalue weighted by atomic mass is 9.93. The van der Waals surface area contributed by atoms with Crippen molar-refractivity contribution in [3.63, 3.8) is 0 Å². The number of hydrogen-bond donors (Lipinski definition) is 1. The maximum Gasteiger partial charge on any atom is 0.329 e. The molecule has 4 rings (SSSR count). The predicted molar refractivity (Wildman–Crippen MR) is 94.0 cm³/mol. The molecule has 1 aliphatic heterocycles. The molecule has 0 aliphatic carbocycles. The van der Waals surface area contributed by atoms with E-state index >= 15 is 0 Å². The maximum atomic E-state index is 12.2. The highest BCUT2D eigenvalue weighted by Crippen LogP contribution is 2.29. The molecule has 0 saturated carbocycles. The summed E-state index contributed by atoms with van der Waals surface area (Å²) < 4.78 is 4.97. The van der Waals surface area contributed by atoms with Crippen LogP contribution in [0.4, 0.5) is 5.95 Å². The fourth-order valence-electron chi connectivity index (χ4n) is 3.66. The van der Waals surface area contributed by atoms with Gasteiger partial charge in [-0.15, -0.1) is 0 Å². The summed E-state index contributed by atoms with van der Waals surface area (Å²) in [5, 5.41) is 4.27. The van der Waals surface area contributed by atoms with E-state index in [0.29, 0.717) is 17.1 Å². The van der Waals surface area contributed by atoms with E-state index < -0.39 is 11.2 Å². The topological polar surface area (TPSA) is 93.7 Å². The molecule has 1 unspecified atom stereocenters. The Bertz CT molecular complexity index is 1050. The Morgan fingerprint density at radius 2 is 2.00 bits per heavy atom. The standard InChI is InChI=1S/C16H21N7O2/c1-20-8-11(7-17-20)10-5-4-6-23(9-10)15-18-13-12(21(15)2)14(24)19-16(25)22(13)3/h7-8,10H,4-6,9H2,1-3H3,(H,19,24,25). The van der Waals surface area contributed by atoms with E-state index in [4.69, 9.17) is 0 Å². The number of aryl methyl sites for hydroxylation is 3. The molecule has 0 amide bonds. The van der Waals surface area contributed by atoms with Gasteiger partial charge in [-0.3, -0.25) is 19.0 Å². The molecule has 1 aliphatic rings. The van der Waals surface area contributed by atoms with Crippen LogP contribution in [-0.2, 0) is 21.1 Å². The second-order valence-corrected chi connectivity index (χ2v) is 6.69. The van der Waals surface area contributed by atoms with Crippen molar-refractivity contribution in [2.24, 2.45) is 21.1 Å². The number of imidazole rings is 1. The number of aromatic nitrogens is 6. The Morgan fingerprint density at radius 3 is 2.72 bits per heavy atom. The zero-order chi connectivity index (χ0) is 17.7. The zero-order valence-corrected chi connectivity index (χ0v) is 14.6. The van der Waals surface area contributed by atoms with Gasteiger partial charge in [-0.05, 0) is 18.4 Å². The first kappa shape index (κ1) is 15.7. The van der Waals surface area contributed by atoms with Crippen molar-refractivity contribution in [3.8, 4) is 0 Å². The lowest BCUT2D eigenvalue weighted by Crippen LogP contribution is -2.36. The number of nitrogens with zero attached hydrogens (tertiary/aromatic N) is 6. The summed E-state index contributed by atoms with van der Waals surface area (Å²) in [6.45, 7) is 1.69. The molecular formula is C16H21N7O2. The van der Waals surface area contributed by atoms with Gasteiger partial charge in [0.25, 0.3) is 5.56 Å². The third-order valence-corrected chi connectivity index (χ3v) is 5.01. The van der Waals surface area contributed by atoms with Crippen LogP contribution in [0.2, 0.25) is 0 Å². The normalized spacial score (nSPS) is 18.2. The number of H-pyrrole nitrogens is 1. The molecule has 0 spiro atoms. The molecule has 4 heterocycles. The van der Waals surface area contributed by atoms with Crippen LogP contribution in [0.3, 0.4) is 0 Å². The van der Waals surface area contributed by atoms with Crippen LogP contribution >= 0.6 is 0 Å². The van der Waals surface area contributed by atoms with Crippen LogP contribution in [-0.4, -0.2) is 42.0 Å². The largest absolute Gasteiger partial charge is 0.342 e. The molecule has 1 atom stereocenters. The smallest absolute Gasteiger partial charge is 0.329 e. The van der Waals surface area contributed by atoms with E-state index in [1.165, 1.54) is 10.1 Å². The highest BCUT2D eigenvalue weighted by molar-refractivity contribution is 5.74. The number of anilines is 1. The van der Waals surface area contributed by atoms with Gasteiger partial charge in [-0.1, -0.05) is 0 Å². The second kappa shape index (κ2) is 5.61. The van der Waals surface area contributed by atoms with Gasteiger partial charge in [0.05, 0.1) is 6.20 Å². The molecule has 0 bridgehead atoms. The van der Waals surface area contributed by atoms with Crippen molar-refractivity contribution in [1.29, 1.82) is 0 Å². The number of nitrogens with one attached hydrogen (secondary N) is 1. The monoisotopic (exact) mass is 343 g/mol. The Balaban J connectivity index is 1.75.